The Hall–Kier alpha value is -4.79. The first-order chi connectivity index (χ1) is 23.4. The quantitative estimate of drug-likeness (QED) is 0.174. The van der Waals surface area contributed by atoms with E-state index >= 15 is 0 Å². The van der Waals surface area contributed by atoms with E-state index in [4.69, 9.17) is 9.47 Å². The van der Waals surface area contributed by atoms with Crippen molar-refractivity contribution in [1.82, 2.24) is 20.3 Å². The normalized spacial score (nSPS) is 23.6. The summed E-state index contributed by atoms with van der Waals surface area (Å²) in [5.74, 6) is -2.36. The fourth-order valence-corrected chi connectivity index (χ4v) is 8.02. The van der Waals surface area contributed by atoms with Crippen LogP contribution < -0.4 is 26.6 Å². The van der Waals surface area contributed by atoms with Gasteiger partial charge < -0.3 is 29.7 Å². The number of ketones is 1. The molecule has 0 radical (unpaired) electrons. The zero-order valence-electron chi connectivity index (χ0n) is 30.1. The van der Waals surface area contributed by atoms with E-state index in [0.717, 1.165) is 61.8 Å². The van der Waals surface area contributed by atoms with Crippen LogP contribution in [0.3, 0.4) is 0 Å². The topological polar surface area (TPSA) is 129 Å². The Morgan fingerprint density at radius 1 is 0.939 bits per heavy atom. The second-order valence-corrected chi connectivity index (χ2v) is 13.8. The van der Waals surface area contributed by atoms with Crippen molar-refractivity contribution < 1.29 is 23.9 Å². The molecule has 0 saturated carbocycles. The number of carbonyl (C=O) groups is 3. The van der Waals surface area contributed by atoms with Crippen LogP contribution in [0.15, 0.2) is 17.3 Å². The van der Waals surface area contributed by atoms with Gasteiger partial charge in [0.25, 0.3) is 0 Å². The van der Waals surface area contributed by atoms with E-state index in [9.17, 15) is 14.4 Å². The standard InChI is InChI=1S/C40H48N4O5/c1-10-24-20(5)27-16-29-22(7)26(12-13-33(45)49-15-14-19(3)4)37(43-29)35-36(40(47)48-9)39(46)34-23(8)30(44-38(34)35)18-32-25(11-2)21(6)28(42-32)17-31(24)41-27/h10,14,16-18,22,26,36-37,41-44H,11-13,15H2,1-9H3/b24-10+,29-16-,30-18-,31-17-/t22-,26-,36+,37?/m0/s1. The molecule has 4 atom stereocenters. The highest BCUT2D eigenvalue weighted by molar-refractivity contribution is 6.19. The van der Waals surface area contributed by atoms with Gasteiger partial charge in [0.15, 0.2) is 5.78 Å². The number of esters is 2. The van der Waals surface area contributed by atoms with Crippen LogP contribution >= 0.6 is 0 Å². The second-order valence-electron chi connectivity index (χ2n) is 13.8. The summed E-state index contributed by atoms with van der Waals surface area (Å²) in [4.78, 5) is 51.5. The molecule has 6 rings (SSSR count). The van der Waals surface area contributed by atoms with Crippen molar-refractivity contribution in [2.24, 2.45) is 17.8 Å². The SMILES string of the molecule is C/C=c1\c(C)c2[nH]\c1=C/c1[nH]c(c(CC)c1C)/C=c1\[nH]c3c(c1C)C(=O)[C@H](C(=O)OC)C=3C1N/C(=C\2)[C@@H](C)[C@@H]1CCC(=O)OCC=C(C)C. The van der Waals surface area contributed by atoms with E-state index in [0.29, 0.717) is 22.9 Å². The Labute approximate surface area is 286 Å². The average molecular weight is 665 g/mol. The molecule has 8 bridgehead atoms. The van der Waals surface area contributed by atoms with Gasteiger partial charge in [0.2, 0.25) is 0 Å². The highest BCUT2D eigenvalue weighted by Gasteiger charge is 2.49. The number of ether oxygens (including phenoxy) is 2. The number of rotatable bonds is 7. The number of aromatic amines is 3. The van der Waals surface area contributed by atoms with Crippen molar-refractivity contribution in [2.75, 3.05) is 13.7 Å². The third-order valence-electron chi connectivity index (χ3n) is 10.8. The minimum absolute atomic E-state index is 0.0256. The number of methoxy groups -OCH3 is 1. The third-order valence-corrected chi connectivity index (χ3v) is 10.8. The summed E-state index contributed by atoms with van der Waals surface area (Å²) >= 11 is 0. The van der Waals surface area contributed by atoms with Crippen molar-refractivity contribution >= 4 is 47.6 Å². The van der Waals surface area contributed by atoms with Gasteiger partial charge in [0.05, 0.1) is 18.5 Å². The third kappa shape index (κ3) is 5.83. The van der Waals surface area contributed by atoms with E-state index < -0.39 is 17.9 Å². The summed E-state index contributed by atoms with van der Waals surface area (Å²) < 4.78 is 10.8. The summed E-state index contributed by atoms with van der Waals surface area (Å²) in [5.41, 5.74) is 10.5. The molecule has 3 aromatic heterocycles. The number of aromatic nitrogens is 3. The molecule has 49 heavy (non-hydrogen) atoms. The first-order valence-electron chi connectivity index (χ1n) is 17.3. The lowest BCUT2D eigenvalue weighted by Crippen LogP contribution is -2.38. The number of hydrogen-bond donors (Lipinski definition) is 4. The number of allylic oxidation sites excluding steroid dienone is 2. The van der Waals surface area contributed by atoms with Gasteiger partial charge in [0, 0.05) is 51.4 Å². The molecule has 3 aliphatic rings. The number of carbonyl (C=O) groups excluding carboxylic acids is 3. The lowest BCUT2D eigenvalue weighted by atomic mass is 9.80. The Morgan fingerprint density at radius 3 is 2.33 bits per heavy atom. The van der Waals surface area contributed by atoms with Gasteiger partial charge >= 0.3 is 11.9 Å². The van der Waals surface area contributed by atoms with Crippen LogP contribution in [0.4, 0.5) is 0 Å². The van der Waals surface area contributed by atoms with Gasteiger partial charge in [-0.2, -0.15) is 0 Å². The van der Waals surface area contributed by atoms with E-state index in [1.54, 1.807) is 0 Å². The summed E-state index contributed by atoms with van der Waals surface area (Å²) in [6.07, 6.45) is 12.0. The lowest BCUT2D eigenvalue weighted by Gasteiger charge is -2.25. The highest BCUT2D eigenvalue weighted by Crippen LogP contribution is 2.42. The zero-order valence-corrected chi connectivity index (χ0v) is 30.1. The van der Waals surface area contributed by atoms with Gasteiger partial charge in [-0.3, -0.25) is 14.4 Å². The lowest BCUT2D eigenvalue weighted by molar-refractivity contribution is -0.143. The van der Waals surface area contributed by atoms with Gasteiger partial charge in [-0.15, -0.1) is 0 Å². The van der Waals surface area contributed by atoms with E-state index in [2.05, 4.69) is 72.3 Å². The molecule has 1 fully saturated rings. The second kappa shape index (κ2) is 13.3. The molecule has 4 N–H and O–H groups in total. The molecule has 2 aliphatic heterocycles. The molecule has 0 aromatic carbocycles. The molecule has 3 aromatic rings. The molecule has 258 valence electrons. The van der Waals surface area contributed by atoms with Crippen LogP contribution in [-0.4, -0.2) is 52.4 Å². The molecule has 9 nitrogen and oxygen atoms in total. The van der Waals surface area contributed by atoms with E-state index in [-0.39, 0.29) is 36.6 Å². The van der Waals surface area contributed by atoms with Crippen LogP contribution in [-0.2, 0) is 25.5 Å². The maximum absolute atomic E-state index is 14.2. The molecule has 1 unspecified atom stereocenters. The molecular weight excluding hydrogens is 616 g/mol. The predicted molar refractivity (Wildman–Crippen MR) is 192 cm³/mol. The first-order valence-corrected chi connectivity index (χ1v) is 17.3. The zero-order chi connectivity index (χ0) is 35.3. The van der Waals surface area contributed by atoms with Gasteiger partial charge in [-0.05, 0) is 118 Å². The monoisotopic (exact) mass is 664 g/mol. The fraction of sp³-hybridized carbons (Fsp3) is 0.425. The molecule has 0 amide bonds. The number of nitrogens with one attached hydrogen (secondary N) is 4. The van der Waals surface area contributed by atoms with Gasteiger partial charge in [-0.1, -0.05) is 25.5 Å². The van der Waals surface area contributed by atoms with Gasteiger partial charge in [0.1, 0.15) is 12.5 Å². The van der Waals surface area contributed by atoms with Crippen LogP contribution in [0, 0.1) is 38.5 Å². The number of H-pyrrole nitrogens is 3. The summed E-state index contributed by atoms with van der Waals surface area (Å²) in [7, 11) is 1.32. The first kappa shape index (κ1) is 34.1. The smallest absolute Gasteiger partial charge is 0.320 e. The molecular formula is C40H48N4O5. The summed E-state index contributed by atoms with van der Waals surface area (Å²) in [5, 5.41) is 7.37. The highest BCUT2D eigenvalue weighted by atomic mass is 16.5. The molecule has 9 heteroatoms. The van der Waals surface area contributed by atoms with Crippen LogP contribution in [0.2, 0.25) is 0 Å². The summed E-state index contributed by atoms with van der Waals surface area (Å²) in [6.45, 7) is 16.7. The average Bonchev–Trinajstić information content (AvgIpc) is 3.80. The Kier molecular flexibility index (Phi) is 9.22. The number of hydrogen-bond acceptors (Lipinski definition) is 6. The number of fused-ring (bicyclic) bond motifs is 8. The van der Waals surface area contributed by atoms with E-state index in [1.165, 1.54) is 18.2 Å². The van der Waals surface area contributed by atoms with Crippen molar-refractivity contribution in [2.45, 2.75) is 80.7 Å². The maximum atomic E-state index is 14.2. The van der Waals surface area contributed by atoms with Crippen molar-refractivity contribution in [3.8, 4) is 0 Å². The van der Waals surface area contributed by atoms with Crippen molar-refractivity contribution in [3.63, 3.8) is 0 Å². The Bertz CT molecular complexity index is 2180. The van der Waals surface area contributed by atoms with Crippen molar-refractivity contribution in [1.29, 1.82) is 0 Å². The molecule has 1 aliphatic carbocycles. The predicted octanol–water partition coefficient (Wildman–Crippen LogP) is 3.62. The van der Waals surface area contributed by atoms with Crippen molar-refractivity contribution in [3.05, 3.63) is 83.5 Å². The Morgan fingerprint density at radius 2 is 1.65 bits per heavy atom. The summed E-state index contributed by atoms with van der Waals surface area (Å²) in [6, 6.07) is -0.413. The molecule has 0 spiro atoms. The maximum Gasteiger partial charge on any atom is 0.320 e. The van der Waals surface area contributed by atoms with Crippen LogP contribution in [0.1, 0.15) is 97.2 Å². The Balaban J connectivity index is 1.61. The molecule has 1 saturated heterocycles. The van der Waals surface area contributed by atoms with Crippen LogP contribution in [0.5, 0.6) is 0 Å². The van der Waals surface area contributed by atoms with Crippen LogP contribution in [0.25, 0.3) is 29.9 Å². The minimum atomic E-state index is -1.09. The number of Topliss-reactive ketones (excluding diaryl/α,β-unsaturated/α-hetero) is 1. The fourth-order valence-electron chi connectivity index (χ4n) is 8.02. The van der Waals surface area contributed by atoms with Gasteiger partial charge in [-0.25, -0.2) is 0 Å². The minimum Gasteiger partial charge on any atom is -0.468 e. The molecule has 5 heterocycles. The largest absolute Gasteiger partial charge is 0.468 e. The van der Waals surface area contributed by atoms with E-state index in [1.807, 2.05) is 33.8 Å².